The Kier molecular flexibility index (Phi) is 5.33. The second-order valence-corrected chi connectivity index (χ2v) is 6.90. The zero-order chi connectivity index (χ0) is 20.2. The summed E-state index contributed by atoms with van der Waals surface area (Å²) in [5.41, 5.74) is 4.41. The van der Waals surface area contributed by atoms with E-state index in [1.54, 1.807) is 41.6 Å². The SMILES string of the molecule is C=C(N[C@@H](CCC)c1cccnc1)c1cncc2c1cnn2-c1ccc(F)cc1. The smallest absolute Gasteiger partial charge is 0.123 e. The molecule has 0 radical (unpaired) electrons. The maximum Gasteiger partial charge on any atom is 0.123 e. The first-order valence-electron chi connectivity index (χ1n) is 9.60. The lowest BCUT2D eigenvalue weighted by Crippen LogP contribution is -2.19. The van der Waals surface area contributed by atoms with Crippen LogP contribution in [0.3, 0.4) is 0 Å². The summed E-state index contributed by atoms with van der Waals surface area (Å²) in [7, 11) is 0. The van der Waals surface area contributed by atoms with E-state index in [-0.39, 0.29) is 11.9 Å². The molecule has 1 aromatic carbocycles. The van der Waals surface area contributed by atoms with E-state index in [0.29, 0.717) is 0 Å². The minimum absolute atomic E-state index is 0.114. The summed E-state index contributed by atoms with van der Waals surface area (Å²) >= 11 is 0. The van der Waals surface area contributed by atoms with Crippen molar-refractivity contribution in [3.05, 3.63) is 90.9 Å². The fourth-order valence-electron chi connectivity index (χ4n) is 3.45. The van der Waals surface area contributed by atoms with Crippen molar-refractivity contribution in [3.8, 4) is 5.69 Å². The summed E-state index contributed by atoms with van der Waals surface area (Å²) in [5, 5.41) is 8.96. The lowest BCUT2D eigenvalue weighted by Gasteiger charge is -2.21. The average molecular weight is 387 g/mol. The fraction of sp³-hybridized carbons (Fsp3) is 0.174. The maximum atomic E-state index is 13.3. The molecule has 0 amide bonds. The first-order valence-corrected chi connectivity index (χ1v) is 9.60. The van der Waals surface area contributed by atoms with Gasteiger partial charge in [0, 0.05) is 35.2 Å². The van der Waals surface area contributed by atoms with Gasteiger partial charge >= 0.3 is 0 Å². The van der Waals surface area contributed by atoms with E-state index in [0.717, 1.165) is 46.3 Å². The van der Waals surface area contributed by atoms with Crippen LogP contribution in [0.15, 0.2) is 74.0 Å². The average Bonchev–Trinajstić information content (AvgIpc) is 3.19. The van der Waals surface area contributed by atoms with Gasteiger partial charge in [0.05, 0.1) is 29.6 Å². The number of benzene rings is 1. The lowest BCUT2D eigenvalue weighted by atomic mass is 10.0. The van der Waals surface area contributed by atoms with Crippen LogP contribution in [0, 0.1) is 5.82 Å². The topological polar surface area (TPSA) is 55.6 Å². The predicted molar refractivity (Wildman–Crippen MR) is 113 cm³/mol. The van der Waals surface area contributed by atoms with Crippen LogP contribution in [-0.2, 0) is 0 Å². The largest absolute Gasteiger partial charge is 0.378 e. The van der Waals surface area contributed by atoms with E-state index in [2.05, 4.69) is 40.0 Å². The quantitative estimate of drug-likeness (QED) is 0.482. The summed E-state index contributed by atoms with van der Waals surface area (Å²) in [6.45, 7) is 6.41. The summed E-state index contributed by atoms with van der Waals surface area (Å²) in [5.74, 6) is -0.279. The van der Waals surface area contributed by atoms with Gasteiger partial charge < -0.3 is 5.32 Å². The van der Waals surface area contributed by atoms with Crippen LogP contribution in [0.5, 0.6) is 0 Å². The van der Waals surface area contributed by atoms with Crippen LogP contribution < -0.4 is 5.32 Å². The van der Waals surface area contributed by atoms with Crippen molar-refractivity contribution in [2.75, 3.05) is 0 Å². The number of fused-ring (bicyclic) bond motifs is 1. The highest BCUT2D eigenvalue weighted by molar-refractivity contribution is 5.90. The molecule has 0 aliphatic carbocycles. The van der Waals surface area contributed by atoms with Crippen LogP contribution in [0.25, 0.3) is 22.3 Å². The summed E-state index contributed by atoms with van der Waals surface area (Å²) in [6, 6.07) is 10.4. The number of nitrogens with zero attached hydrogens (tertiary/aromatic N) is 4. The monoisotopic (exact) mass is 387 g/mol. The molecule has 1 N–H and O–H groups in total. The molecule has 0 fully saturated rings. The van der Waals surface area contributed by atoms with Gasteiger partial charge in [-0.1, -0.05) is 26.0 Å². The van der Waals surface area contributed by atoms with Crippen molar-refractivity contribution < 1.29 is 4.39 Å². The molecule has 0 saturated carbocycles. The molecule has 0 saturated heterocycles. The van der Waals surface area contributed by atoms with E-state index in [1.807, 2.05) is 12.3 Å². The van der Waals surface area contributed by atoms with Gasteiger partial charge in [0.1, 0.15) is 5.82 Å². The third-order valence-corrected chi connectivity index (χ3v) is 4.91. The minimum atomic E-state index is -0.279. The molecule has 3 heterocycles. The zero-order valence-corrected chi connectivity index (χ0v) is 16.2. The minimum Gasteiger partial charge on any atom is -0.378 e. The molecule has 3 aromatic heterocycles. The highest BCUT2D eigenvalue weighted by Crippen LogP contribution is 2.27. The first-order chi connectivity index (χ1) is 14.2. The number of halogens is 1. The van der Waals surface area contributed by atoms with Crippen molar-refractivity contribution in [1.29, 1.82) is 0 Å². The molecule has 0 aliphatic heterocycles. The molecule has 4 rings (SSSR count). The van der Waals surface area contributed by atoms with Crippen LogP contribution in [0.4, 0.5) is 4.39 Å². The third kappa shape index (κ3) is 3.87. The summed E-state index contributed by atoms with van der Waals surface area (Å²) < 4.78 is 15.0. The van der Waals surface area contributed by atoms with Gasteiger partial charge in [-0.25, -0.2) is 9.07 Å². The Morgan fingerprint density at radius 2 is 1.93 bits per heavy atom. The van der Waals surface area contributed by atoms with Crippen molar-refractivity contribution in [3.63, 3.8) is 0 Å². The molecule has 1 atom stereocenters. The van der Waals surface area contributed by atoms with Gasteiger partial charge in [-0.2, -0.15) is 5.10 Å². The Labute approximate surface area is 168 Å². The number of hydrogen-bond donors (Lipinski definition) is 1. The van der Waals surface area contributed by atoms with Gasteiger partial charge in [0.15, 0.2) is 0 Å². The molecule has 4 aromatic rings. The van der Waals surface area contributed by atoms with Crippen LogP contribution in [0.1, 0.15) is 36.9 Å². The molecular formula is C23H22FN5. The van der Waals surface area contributed by atoms with Crippen LogP contribution in [-0.4, -0.2) is 19.7 Å². The van der Waals surface area contributed by atoms with Gasteiger partial charge in [0.25, 0.3) is 0 Å². The highest BCUT2D eigenvalue weighted by Gasteiger charge is 2.16. The Morgan fingerprint density at radius 1 is 1.10 bits per heavy atom. The van der Waals surface area contributed by atoms with E-state index >= 15 is 0 Å². The Hall–Kier alpha value is -3.54. The molecular weight excluding hydrogens is 365 g/mol. The Bertz CT molecular complexity index is 1120. The molecule has 0 unspecified atom stereocenters. The third-order valence-electron chi connectivity index (χ3n) is 4.91. The number of rotatable bonds is 7. The first kappa shape index (κ1) is 18.8. The van der Waals surface area contributed by atoms with Gasteiger partial charge in [0.2, 0.25) is 0 Å². The normalized spacial score (nSPS) is 12.1. The molecule has 0 bridgehead atoms. The van der Waals surface area contributed by atoms with E-state index in [1.165, 1.54) is 12.1 Å². The van der Waals surface area contributed by atoms with Crippen LogP contribution >= 0.6 is 0 Å². The standard InChI is InChI=1S/C23H22FN5/c1-3-5-22(17-6-4-11-25-12-17)28-16(2)20-13-26-15-23-21(20)14-27-29(23)19-9-7-18(24)8-10-19/h4,6-15,22,28H,2-3,5H2,1H3/t22-/m0/s1. The molecule has 5 nitrogen and oxygen atoms in total. The number of pyridine rings is 2. The van der Waals surface area contributed by atoms with Crippen molar-refractivity contribution >= 4 is 16.6 Å². The maximum absolute atomic E-state index is 13.3. The molecule has 0 spiro atoms. The zero-order valence-electron chi connectivity index (χ0n) is 16.2. The number of aromatic nitrogens is 4. The molecule has 0 aliphatic rings. The predicted octanol–water partition coefficient (Wildman–Crippen LogP) is 5.06. The van der Waals surface area contributed by atoms with Gasteiger partial charge in [-0.3, -0.25) is 9.97 Å². The fourth-order valence-corrected chi connectivity index (χ4v) is 3.45. The molecule has 6 heteroatoms. The molecule has 146 valence electrons. The van der Waals surface area contributed by atoms with Crippen molar-refractivity contribution in [2.45, 2.75) is 25.8 Å². The van der Waals surface area contributed by atoms with E-state index in [9.17, 15) is 4.39 Å². The van der Waals surface area contributed by atoms with Crippen molar-refractivity contribution in [2.24, 2.45) is 0 Å². The number of nitrogens with one attached hydrogen (secondary N) is 1. The second kappa shape index (κ2) is 8.22. The van der Waals surface area contributed by atoms with E-state index < -0.39 is 0 Å². The number of hydrogen-bond acceptors (Lipinski definition) is 4. The van der Waals surface area contributed by atoms with Gasteiger partial charge in [-0.05, 0) is 42.3 Å². The van der Waals surface area contributed by atoms with Crippen LogP contribution in [0.2, 0.25) is 0 Å². The Balaban J connectivity index is 1.67. The lowest BCUT2D eigenvalue weighted by molar-refractivity contribution is 0.570. The Morgan fingerprint density at radius 3 is 2.66 bits per heavy atom. The van der Waals surface area contributed by atoms with E-state index in [4.69, 9.17) is 0 Å². The van der Waals surface area contributed by atoms with Crippen molar-refractivity contribution in [1.82, 2.24) is 25.1 Å². The second-order valence-electron chi connectivity index (χ2n) is 6.90. The summed E-state index contributed by atoms with van der Waals surface area (Å²) in [4.78, 5) is 8.63. The summed E-state index contributed by atoms with van der Waals surface area (Å²) in [6.07, 6.45) is 11.0. The highest BCUT2D eigenvalue weighted by atomic mass is 19.1. The molecule has 29 heavy (non-hydrogen) atoms. The van der Waals surface area contributed by atoms with Gasteiger partial charge in [-0.15, -0.1) is 0 Å².